The Balaban J connectivity index is 1.26. The molecule has 0 saturated carbocycles. The van der Waals surface area contributed by atoms with Gasteiger partial charge in [0.15, 0.2) is 0 Å². The maximum absolute atomic E-state index is 12.7. The molecule has 52 heavy (non-hydrogen) atoms. The standard InChI is InChI=1S/C45H64N2O5/c1-3-5-7-9-11-13-15-17-19-21-35-50-41-31-25-39(26-32-41)44(48)47-46-37-38-23-29-43(30-24-38)52-45(49)40-27-33-42(34-28-40)51-36-22-20-18-16-14-12-10-8-6-4-2/h23-34,37H,3-22,35-36H2,1-2H3,(H,47,48)/b46-37+. The summed E-state index contributed by atoms with van der Waals surface area (Å²) in [4.78, 5) is 25.2. The van der Waals surface area contributed by atoms with Crippen molar-refractivity contribution < 1.29 is 23.8 Å². The second-order valence-electron chi connectivity index (χ2n) is 13.8. The van der Waals surface area contributed by atoms with E-state index in [0.717, 1.165) is 29.9 Å². The van der Waals surface area contributed by atoms with Gasteiger partial charge in [-0.3, -0.25) is 4.79 Å². The van der Waals surface area contributed by atoms with Crippen LogP contribution in [0, 0.1) is 0 Å². The number of carbonyl (C=O) groups is 2. The Hall–Kier alpha value is -4.13. The van der Waals surface area contributed by atoms with Crippen LogP contribution in [0.25, 0.3) is 0 Å². The van der Waals surface area contributed by atoms with E-state index in [4.69, 9.17) is 14.2 Å². The molecule has 0 bridgehead atoms. The lowest BCUT2D eigenvalue weighted by molar-refractivity contribution is 0.0734. The van der Waals surface area contributed by atoms with E-state index in [-0.39, 0.29) is 5.91 Å². The number of ether oxygens (including phenoxy) is 3. The number of benzene rings is 3. The van der Waals surface area contributed by atoms with Gasteiger partial charge in [0.05, 0.1) is 25.0 Å². The molecule has 0 spiro atoms. The van der Waals surface area contributed by atoms with E-state index in [1.54, 1.807) is 54.7 Å². The molecule has 0 aliphatic carbocycles. The quantitative estimate of drug-likeness (QED) is 0.0254. The lowest BCUT2D eigenvalue weighted by Gasteiger charge is -2.08. The zero-order valence-corrected chi connectivity index (χ0v) is 32.1. The molecule has 3 rings (SSSR count). The topological polar surface area (TPSA) is 86.2 Å². The SMILES string of the molecule is CCCCCCCCCCCCOc1ccc(C(=O)N/N=C/c2ccc(OC(=O)c3ccc(OCCCCCCCCCCCC)cc3)cc2)cc1. The monoisotopic (exact) mass is 712 g/mol. The molecule has 3 aromatic carbocycles. The van der Waals surface area contributed by atoms with Gasteiger partial charge in [-0.15, -0.1) is 0 Å². The van der Waals surface area contributed by atoms with Crippen molar-refractivity contribution in [3.8, 4) is 17.2 Å². The molecule has 284 valence electrons. The maximum Gasteiger partial charge on any atom is 0.343 e. The van der Waals surface area contributed by atoms with Crippen molar-refractivity contribution in [2.75, 3.05) is 13.2 Å². The number of hydrogen-bond donors (Lipinski definition) is 1. The van der Waals surface area contributed by atoms with Crippen LogP contribution in [0.5, 0.6) is 17.2 Å². The van der Waals surface area contributed by atoms with E-state index < -0.39 is 5.97 Å². The normalized spacial score (nSPS) is 11.1. The first-order chi connectivity index (χ1) is 25.6. The number of amides is 1. The molecule has 3 aromatic rings. The summed E-state index contributed by atoms with van der Waals surface area (Å²) in [6, 6.07) is 21.1. The van der Waals surface area contributed by atoms with Crippen molar-refractivity contribution >= 4 is 18.1 Å². The number of hydrazone groups is 1. The minimum absolute atomic E-state index is 0.307. The minimum Gasteiger partial charge on any atom is -0.494 e. The average molecular weight is 713 g/mol. The third-order valence-electron chi connectivity index (χ3n) is 9.21. The number of hydrogen-bond acceptors (Lipinski definition) is 6. The molecule has 7 heteroatoms. The molecule has 0 aromatic heterocycles. The van der Waals surface area contributed by atoms with Crippen molar-refractivity contribution in [1.29, 1.82) is 0 Å². The number of carbonyl (C=O) groups excluding carboxylic acids is 2. The fraction of sp³-hybridized carbons (Fsp3) is 0.533. The summed E-state index contributed by atoms with van der Waals surface area (Å²) in [5.41, 5.74) is 4.26. The van der Waals surface area contributed by atoms with Crippen molar-refractivity contribution in [3.63, 3.8) is 0 Å². The van der Waals surface area contributed by atoms with Crippen LogP contribution in [0.3, 0.4) is 0 Å². The van der Waals surface area contributed by atoms with Gasteiger partial charge in [-0.05, 0) is 91.2 Å². The smallest absolute Gasteiger partial charge is 0.343 e. The summed E-state index contributed by atoms with van der Waals surface area (Å²) < 4.78 is 17.3. The van der Waals surface area contributed by atoms with Gasteiger partial charge in [0.25, 0.3) is 5.91 Å². The summed E-state index contributed by atoms with van der Waals surface area (Å²) in [7, 11) is 0. The van der Waals surface area contributed by atoms with Crippen LogP contribution in [-0.4, -0.2) is 31.3 Å². The first-order valence-electron chi connectivity index (χ1n) is 20.2. The highest BCUT2D eigenvalue weighted by Crippen LogP contribution is 2.18. The van der Waals surface area contributed by atoms with Crippen LogP contribution in [0.1, 0.15) is 169 Å². The third-order valence-corrected chi connectivity index (χ3v) is 9.21. The number of nitrogens with one attached hydrogen (secondary N) is 1. The third kappa shape index (κ3) is 18.9. The highest BCUT2D eigenvalue weighted by Gasteiger charge is 2.09. The largest absolute Gasteiger partial charge is 0.494 e. The summed E-state index contributed by atoms with van der Waals surface area (Å²) in [5, 5.41) is 4.08. The summed E-state index contributed by atoms with van der Waals surface area (Å²) in [5.74, 6) is 1.19. The number of rotatable bonds is 29. The Morgan fingerprint density at radius 1 is 0.500 bits per heavy atom. The zero-order valence-electron chi connectivity index (χ0n) is 32.1. The van der Waals surface area contributed by atoms with E-state index in [9.17, 15) is 9.59 Å². The molecule has 1 amide bonds. The zero-order chi connectivity index (χ0) is 36.9. The van der Waals surface area contributed by atoms with Gasteiger partial charge in [0, 0.05) is 5.56 Å². The Labute approximate surface area is 313 Å². The molecular weight excluding hydrogens is 649 g/mol. The Morgan fingerprint density at radius 3 is 1.33 bits per heavy atom. The number of unbranched alkanes of at least 4 members (excludes halogenated alkanes) is 18. The molecule has 1 N–H and O–H groups in total. The highest BCUT2D eigenvalue weighted by atomic mass is 16.5. The molecular formula is C45H64N2O5. The van der Waals surface area contributed by atoms with Crippen molar-refractivity contribution in [2.45, 2.75) is 142 Å². The van der Waals surface area contributed by atoms with E-state index in [1.807, 2.05) is 24.3 Å². The van der Waals surface area contributed by atoms with Gasteiger partial charge in [-0.25, -0.2) is 10.2 Å². The summed E-state index contributed by atoms with van der Waals surface area (Å²) in [6.45, 7) is 5.88. The summed E-state index contributed by atoms with van der Waals surface area (Å²) >= 11 is 0. The first kappa shape index (κ1) is 42.3. The van der Waals surface area contributed by atoms with E-state index in [1.165, 1.54) is 116 Å². The van der Waals surface area contributed by atoms with E-state index in [0.29, 0.717) is 30.1 Å². The molecule has 0 fully saturated rings. The lowest BCUT2D eigenvalue weighted by Crippen LogP contribution is -2.17. The van der Waals surface area contributed by atoms with Crippen molar-refractivity contribution in [2.24, 2.45) is 5.10 Å². The van der Waals surface area contributed by atoms with Crippen LogP contribution in [0.4, 0.5) is 0 Å². The van der Waals surface area contributed by atoms with Crippen molar-refractivity contribution in [1.82, 2.24) is 5.43 Å². The summed E-state index contributed by atoms with van der Waals surface area (Å²) in [6.07, 6.45) is 27.4. The molecule has 0 heterocycles. The Kier molecular flexibility index (Phi) is 22.4. The Morgan fingerprint density at radius 2 is 0.885 bits per heavy atom. The van der Waals surface area contributed by atoms with Crippen molar-refractivity contribution in [3.05, 3.63) is 89.5 Å². The van der Waals surface area contributed by atoms with E-state index >= 15 is 0 Å². The highest BCUT2D eigenvalue weighted by molar-refractivity contribution is 5.95. The molecule has 0 aliphatic heterocycles. The molecule has 0 radical (unpaired) electrons. The average Bonchev–Trinajstić information content (AvgIpc) is 3.17. The van der Waals surface area contributed by atoms with Gasteiger partial charge in [-0.2, -0.15) is 5.10 Å². The van der Waals surface area contributed by atoms with Gasteiger partial charge >= 0.3 is 5.97 Å². The van der Waals surface area contributed by atoms with Crippen LogP contribution >= 0.6 is 0 Å². The predicted molar refractivity (Wildman–Crippen MR) is 214 cm³/mol. The first-order valence-corrected chi connectivity index (χ1v) is 20.2. The molecule has 0 atom stereocenters. The fourth-order valence-corrected chi connectivity index (χ4v) is 5.97. The van der Waals surface area contributed by atoms with Gasteiger partial charge in [0.2, 0.25) is 0 Å². The predicted octanol–water partition coefficient (Wildman–Crippen LogP) is 12.3. The number of nitrogens with zero attached hydrogens (tertiary/aromatic N) is 1. The second-order valence-corrected chi connectivity index (χ2v) is 13.8. The van der Waals surface area contributed by atoms with Gasteiger partial charge in [-0.1, -0.05) is 129 Å². The molecule has 0 unspecified atom stereocenters. The molecule has 0 saturated heterocycles. The minimum atomic E-state index is -0.440. The molecule has 0 aliphatic rings. The lowest BCUT2D eigenvalue weighted by atomic mass is 10.1. The van der Waals surface area contributed by atoms with Crippen LogP contribution < -0.4 is 19.6 Å². The second kappa shape index (κ2) is 27.5. The number of esters is 1. The van der Waals surface area contributed by atoms with Gasteiger partial charge in [0.1, 0.15) is 17.2 Å². The van der Waals surface area contributed by atoms with Crippen LogP contribution in [-0.2, 0) is 0 Å². The van der Waals surface area contributed by atoms with Crippen LogP contribution in [0.15, 0.2) is 77.9 Å². The van der Waals surface area contributed by atoms with Gasteiger partial charge < -0.3 is 14.2 Å². The fourth-order valence-electron chi connectivity index (χ4n) is 5.97. The molecule has 7 nitrogen and oxygen atoms in total. The Bertz CT molecular complexity index is 1390. The van der Waals surface area contributed by atoms with Crippen LogP contribution in [0.2, 0.25) is 0 Å². The maximum atomic E-state index is 12.7. The van der Waals surface area contributed by atoms with E-state index in [2.05, 4.69) is 24.4 Å².